The zero-order chi connectivity index (χ0) is 20.8. The Hall–Kier alpha value is -2.62. The van der Waals surface area contributed by atoms with Gasteiger partial charge in [-0.2, -0.15) is 0 Å². The molecule has 7 rings (SSSR count). The van der Waals surface area contributed by atoms with E-state index in [1.54, 1.807) is 18.2 Å². The minimum Gasteiger partial charge on any atom is -0.274 e. The summed E-state index contributed by atoms with van der Waals surface area (Å²) in [6.45, 7) is 2.10. The highest BCUT2D eigenvalue weighted by atomic mass is 35.5. The van der Waals surface area contributed by atoms with Gasteiger partial charge in [0.25, 0.3) is 0 Å². The van der Waals surface area contributed by atoms with Gasteiger partial charge in [0.15, 0.2) is 0 Å². The first kappa shape index (κ1) is 18.2. The molecule has 1 aliphatic heterocycles. The van der Waals surface area contributed by atoms with Gasteiger partial charge in [-0.15, -0.1) is 0 Å². The van der Waals surface area contributed by atoms with Gasteiger partial charge in [-0.05, 0) is 34.4 Å². The smallest absolute Gasteiger partial charge is 0.239 e. The number of hydrogen-bond donors (Lipinski definition) is 0. The Morgan fingerprint density at radius 3 is 2.03 bits per heavy atom. The Kier molecular flexibility index (Phi) is 3.61. The van der Waals surface area contributed by atoms with E-state index in [1.807, 2.05) is 24.3 Å². The Balaban J connectivity index is 1.63. The monoisotopic (exact) mass is 433 g/mol. The summed E-state index contributed by atoms with van der Waals surface area (Å²) in [5, 5.41) is 0.553. The van der Waals surface area contributed by atoms with Crippen molar-refractivity contribution in [3.8, 4) is 0 Å². The van der Waals surface area contributed by atoms with Gasteiger partial charge in [0.2, 0.25) is 11.8 Å². The summed E-state index contributed by atoms with van der Waals surface area (Å²) in [6, 6.07) is 21.5. The fourth-order valence-electron chi connectivity index (χ4n) is 6.05. The molecule has 0 unspecified atom stereocenters. The number of nitrogens with zero attached hydrogens (tertiary/aromatic N) is 1. The van der Waals surface area contributed by atoms with Gasteiger partial charge >= 0.3 is 0 Å². The summed E-state index contributed by atoms with van der Waals surface area (Å²) < 4.78 is 0. The van der Waals surface area contributed by atoms with Gasteiger partial charge in [0.05, 0.1) is 27.6 Å². The van der Waals surface area contributed by atoms with E-state index in [1.165, 1.54) is 4.90 Å². The van der Waals surface area contributed by atoms with Gasteiger partial charge in [0.1, 0.15) is 0 Å². The highest BCUT2D eigenvalue weighted by molar-refractivity contribution is 6.45. The van der Waals surface area contributed by atoms with Crippen molar-refractivity contribution in [3.05, 3.63) is 99.0 Å². The van der Waals surface area contributed by atoms with Crippen molar-refractivity contribution in [2.45, 2.75) is 18.3 Å². The first-order valence-electron chi connectivity index (χ1n) is 9.97. The summed E-state index contributed by atoms with van der Waals surface area (Å²) in [7, 11) is 0. The third kappa shape index (κ3) is 1.98. The van der Waals surface area contributed by atoms with Crippen LogP contribution < -0.4 is 4.90 Å². The maximum atomic E-state index is 13.8. The molecule has 0 saturated carbocycles. The Morgan fingerprint density at radius 1 is 0.800 bits per heavy atom. The number of halogens is 2. The minimum absolute atomic E-state index is 0.149. The van der Waals surface area contributed by atoms with Crippen LogP contribution in [0.1, 0.15) is 35.1 Å². The third-order valence-electron chi connectivity index (χ3n) is 7.22. The number of rotatable bonds is 1. The molecule has 2 amide bonds. The number of benzene rings is 3. The van der Waals surface area contributed by atoms with E-state index < -0.39 is 17.3 Å². The van der Waals surface area contributed by atoms with Crippen LogP contribution in [0.2, 0.25) is 10.0 Å². The van der Waals surface area contributed by atoms with Crippen LogP contribution in [0.5, 0.6) is 0 Å². The molecule has 1 heterocycles. The van der Waals surface area contributed by atoms with Crippen molar-refractivity contribution < 1.29 is 9.59 Å². The van der Waals surface area contributed by atoms with E-state index >= 15 is 0 Å². The Morgan fingerprint density at radius 2 is 1.40 bits per heavy atom. The summed E-state index contributed by atoms with van der Waals surface area (Å²) in [5.74, 6) is -1.49. The maximum Gasteiger partial charge on any atom is 0.239 e. The third-order valence-corrected chi connectivity index (χ3v) is 8.02. The van der Waals surface area contributed by atoms with Gasteiger partial charge in [-0.1, -0.05) is 84.7 Å². The van der Waals surface area contributed by atoms with Crippen LogP contribution in [-0.4, -0.2) is 11.8 Å². The van der Waals surface area contributed by atoms with E-state index in [0.717, 1.165) is 22.3 Å². The molecule has 0 aromatic heterocycles. The predicted molar refractivity (Wildman–Crippen MR) is 117 cm³/mol. The molecule has 0 N–H and O–H groups in total. The van der Waals surface area contributed by atoms with E-state index in [4.69, 9.17) is 23.2 Å². The summed E-state index contributed by atoms with van der Waals surface area (Å²) >= 11 is 12.6. The quantitative estimate of drug-likeness (QED) is 0.470. The lowest BCUT2D eigenvalue weighted by Crippen LogP contribution is -2.51. The lowest BCUT2D eigenvalue weighted by Gasteiger charge is -2.52. The molecule has 2 atom stereocenters. The molecule has 0 radical (unpaired) electrons. The van der Waals surface area contributed by atoms with Crippen LogP contribution in [0, 0.1) is 11.8 Å². The zero-order valence-corrected chi connectivity index (χ0v) is 17.6. The molecule has 5 heteroatoms. The molecule has 3 aromatic rings. The van der Waals surface area contributed by atoms with Crippen molar-refractivity contribution in [2.75, 3.05) is 4.90 Å². The Labute approximate surface area is 184 Å². The number of amides is 2. The number of carbonyl (C=O) groups excluding carboxylic acids is 2. The second-order valence-corrected chi connectivity index (χ2v) is 9.23. The summed E-state index contributed by atoms with van der Waals surface area (Å²) in [6.07, 6.45) is 0. The van der Waals surface area contributed by atoms with Crippen LogP contribution in [0.15, 0.2) is 66.7 Å². The first-order valence-corrected chi connectivity index (χ1v) is 10.7. The van der Waals surface area contributed by atoms with E-state index in [2.05, 4.69) is 31.2 Å². The van der Waals surface area contributed by atoms with E-state index in [0.29, 0.717) is 10.7 Å². The number of carbonyl (C=O) groups is 2. The van der Waals surface area contributed by atoms with Gasteiger partial charge in [-0.3, -0.25) is 9.59 Å². The molecule has 3 aromatic carbocycles. The van der Waals surface area contributed by atoms with Crippen molar-refractivity contribution in [3.63, 3.8) is 0 Å². The molecule has 1 saturated heterocycles. The molecule has 3 aliphatic carbocycles. The number of anilines is 1. The zero-order valence-electron chi connectivity index (χ0n) is 16.1. The van der Waals surface area contributed by atoms with Crippen molar-refractivity contribution in [1.29, 1.82) is 0 Å². The molecule has 1 fully saturated rings. The number of imide groups is 1. The second kappa shape index (κ2) is 5.96. The summed E-state index contributed by atoms with van der Waals surface area (Å²) in [4.78, 5) is 28.9. The lowest BCUT2D eigenvalue weighted by atomic mass is 9.48. The average Bonchev–Trinajstić information content (AvgIpc) is 3.02. The van der Waals surface area contributed by atoms with Crippen molar-refractivity contribution >= 4 is 40.7 Å². The second-order valence-electron chi connectivity index (χ2n) is 8.44. The van der Waals surface area contributed by atoms with Crippen LogP contribution in [-0.2, 0) is 15.0 Å². The van der Waals surface area contributed by atoms with Crippen molar-refractivity contribution in [2.24, 2.45) is 11.8 Å². The molecule has 148 valence electrons. The molecular weight excluding hydrogens is 417 g/mol. The number of hydrogen-bond acceptors (Lipinski definition) is 2. The fourth-order valence-corrected chi connectivity index (χ4v) is 6.43. The van der Waals surface area contributed by atoms with E-state index in [9.17, 15) is 9.59 Å². The highest BCUT2D eigenvalue weighted by Gasteiger charge is 2.66. The largest absolute Gasteiger partial charge is 0.274 e. The van der Waals surface area contributed by atoms with Crippen LogP contribution in [0.4, 0.5) is 5.69 Å². The maximum absolute atomic E-state index is 13.8. The summed E-state index contributed by atoms with van der Waals surface area (Å²) in [5.41, 5.74) is 4.33. The first-order chi connectivity index (χ1) is 14.5. The predicted octanol–water partition coefficient (Wildman–Crippen LogP) is 5.56. The highest BCUT2D eigenvalue weighted by Crippen LogP contribution is 2.64. The molecule has 4 aliphatic rings. The van der Waals surface area contributed by atoms with Crippen molar-refractivity contribution in [1.82, 2.24) is 0 Å². The average molecular weight is 434 g/mol. The topological polar surface area (TPSA) is 37.4 Å². The Bertz CT molecular complexity index is 1220. The molecule has 3 nitrogen and oxygen atoms in total. The van der Waals surface area contributed by atoms with Gasteiger partial charge in [-0.25, -0.2) is 4.90 Å². The lowest BCUT2D eigenvalue weighted by molar-refractivity contribution is -0.123. The molecular formula is C25H17Cl2NO2. The molecule has 2 bridgehead atoms. The standard InChI is InChI=1S/C25H17Cl2NO2/c1-25-15-9-4-2-7-13(15)19(14-8-3-5-10-16(14)25)20-21(25)24(30)28(23(20)29)18-12-6-11-17(26)22(18)27/h2-12,19-21H,1H3/t19?,20-,21+,25?/m0/s1. The van der Waals surface area contributed by atoms with Crippen LogP contribution in [0.25, 0.3) is 0 Å². The van der Waals surface area contributed by atoms with Gasteiger partial charge in [0, 0.05) is 11.3 Å². The van der Waals surface area contributed by atoms with Crippen LogP contribution in [0.3, 0.4) is 0 Å². The SMILES string of the molecule is CC12c3ccccc3C(c3ccccc31)[C@@H]1C(=O)N(c3cccc(Cl)c3Cl)C(=O)[C@@H]12. The van der Waals surface area contributed by atoms with Crippen LogP contribution >= 0.6 is 23.2 Å². The van der Waals surface area contributed by atoms with Gasteiger partial charge < -0.3 is 0 Å². The molecule has 30 heavy (non-hydrogen) atoms. The molecule has 0 spiro atoms. The normalized spacial score (nSPS) is 28.4. The minimum atomic E-state index is -0.584. The van der Waals surface area contributed by atoms with E-state index in [-0.39, 0.29) is 22.8 Å². The fraction of sp³-hybridized carbons (Fsp3) is 0.200.